The van der Waals surface area contributed by atoms with E-state index in [1.54, 1.807) is 35.3 Å². The second-order valence-electron chi connectivity index (χ2n) is 7.72. The molecule has 0 aliphatic heterocycles. The second-order valence-corrected chi connectivity index (χ2v) is 7.72. The number of hydrogen-bond acceptors (Lipinski definition) is 5. The van der Waals surface area contributed by atoms with E-state index in [0.29, 0.717) is 34.6 Å². The number of nitrogens with one attached hydrogen (secondary N) is 2. The molecule has 3 heterocycles. The summed E-state index contributed by atoms with van der Waals surface area (Å²) in [6.07, 6.45) is 3.91. The molecule has 164 valence electrons. The fourth-order valence-corrected chi connectivity index (χ4v) is 3.44. The molecule has 3 aromatic heterocycles. The third-order valence-electron chi connectivity index (χ3n) is 5.06. The zero-order chi connectivity index (χ0) is 22.5. The molecule has 0 radical (unpaired) electrons. The van der Waals surface area contributed by atoms with Gasteiger partial charge >= 0.3 is 0 Å². The molecule has 1 aromatic carbocycles. The van der Waals surface area contributed by atoms with Crippen molar-refractivity contribution in [2.24, 2.45) is 0 Å². The Morgan fingerprint density at radius 1 is 1.09 bits per heavy atom. The molecular weight excluding hydrogens is 406 g/mol. The number of hydrogen-bond donors (Lipinski definition) is 2. The second kappa shape index (κ2) is 9.47. The standard InChI is InChI=1S/C24H25N5O3/c1-16(2)29-23-19(14-27-29)18(13-20(28-23)21-9-6-12-32-21)24(31)26-15-22(30)25-11-10-17-7-4-3-5-8-17/h3-9,12-14,16H,10-11,15H2,1-2H3,(H,25,30)(H,26,31). The first-order valence-corrected chi connectivity index (χ1v) is 10.5. The van der Waals surface area contributed by atoms with Gasteiger partial charge in [0.2, 0.25) is 5.91 Å². The molecule has 0 aliphatic rings. The molecule has 0 spiro atoms. The number of furan rings is 1. The van der Waals surface area contributed by atoms with Gasteiger partial charge in [0.15, 0.2) is 11.4 Å². The van der Waals surface area contributed by atoms with Gasteiger partial charge in [0.25, 0.3) is 5.91 Å². The van der Waals surface area contributed by atoms with Crippen LogP contribution in [-0.4, -0.2) is 39.7 Å². The van der Waals surface area contributed by atoms with Gasteiger partial charge in [-0.3, -0.25) is 9.59 Å². The quantitative estimate of drug-likeness (QED) is 0.445. The third-order valence-corrected chi connectivity index (χ3v) is 5.06. The van der Waals surface area contributed by atoms with E-state index < -0.39 is 0 Å². The third kappa shape index (κ3) is 4.69. The summed E-state index contributed by atoms with van der Waals surface area (Å²) in [5, 5.41) is 10.5. The Bertz CT molecular complexity index is 1210. The maximum absolute atomic E-state index is 13.0. The fourth-order valence-electron chi connectivity index (χ4n) is 3.44. The molecule has 4 aromatic rings. The normalized spacial score (nSPS) is 11.1. The number of pyridine rings is 1. The number of amides is 2. The van der Waals surface area contributed by atoms with Gasteiger partial charge in [0.1, 0.15) is 5.69 Å². The number of nitrogens with zero attached hydrogens (tertiary/aromatic N) is 3. The Labute approximate surface area is 185 Å². The molecular formula is C24H25N5O3. The summed E-state index contributed by atoms with van der Waals surface area (Å²) in [5.41, 5.74) is 2.66. The molecule has 4 rings (SSSR count). The highest BCUT2D eigenvalue weighted by Crippen LogP contribution is 2.26. The average Bonchev–Trinajstić information content (AvgIpc) is 3.47. The van der Waals surface area contributed by atoms with Gasteiger partial charge in [0, 0.05) is 12.6 Å². The highest BCUT2D eigenvalue weighted by Gasteiger charge is 2.19. The van der Waals surface area contributed by atoms with Crippen molar-refractivity contribution in [2.45, 2.75) is 26.3 Å². The first-order chi connectivity index (χ1) is 15.5. The Morgan fingerprint density at radius 2 is 1.91 bits per heavy atom. The number of carbonyl (C=O) groups excluding carboxylic acids is 2. The summed E-state index contributed by atoms with van der Waals surface area (Å²) >= 11 is 0. The number of aromatic nitrogens is 3. The topological polar surface area (TPSA) is 102 Å². The van der Waals surface area contributed by atoms with Crippen LogP contribution in [-0.2, 0) is 11.2 Å². The van der Waals surface area contributed by atoms with Gasteiger partial charge in [-0.1, -0.05) is 30.3 Å². The van der Waals surface area contributed by atoms with Crippen LogP contribution in [0.2, 0.25) is 0 Å². The average molecular weight is 431 g/mol. The fraction of sp³-hybridized carbons (Fsp3) is 0.250. The molecule has 0 fully saturated rings. The summed E-state index contributed by atoms with van der Waals surface area (Å²) in [5.74, 6) is -0.0634. The van der Waals surface area contributed by atoms with E-state index in [2.05, 4.69) is 20.7 Å². The van der Waals surface area contributed by atoms with Crippen LogP contribution in [0.1, 0.15) is 35.8 Å². The maximum Gasteiger partial charge on any atom is 0.252 e. The number of benzene rings is 1. The molecule has 32 heavy (non-hydrogen) atoms. The molecule has 0 saturated carbocycles. The Morgan fingerprint density at radius 3 is 2.62 bits per heavy atom. The van der Waals surface area contributed by atoms with Gasteiger partial charge in [0.05, 0.1) is 30.0 Å². The molecule has 0 saturated heterocycles. The van der Waals surface area contributed by atoms with Crippen LogP contribution in [0.5, 0.6) is 0 Å². The van der Waals surface area contributed by atoms with Crippen molar-refractivity contribution in [3.05, 3.63) is 72.1 Å². The number of fused-ring (bicyclic) bond motifs is 1. The zero-order valence-corrected chi connectivity index (χ0v) is 18.0. The summed E-state index contributed by atoms with van der Waals surface area (Å²) in [6.45, 7) is 4.37. The first kappa shape index (κ1) is 21.3. The highest BCUT2D eigenvalue weighted by atomic mass is 16.3. The molecule has 0 unspecified atom stereocenters. The Hall–Kier alpha value is -3.94. The molecule has 8 nitrogen and oxygen atoms in total. The highest BCUT2D eigenvalue weighted by molar-refractivity contribution is 6.07. The predicted molar refractivity (Wildman–Crippen MR) is 121 cm³/mol. The summed E-state index contributed by atoms with van der Waals surface area (Å²) in [6, 6.07) is 15.2. The van der Waals surface area contributed by atoms with Crippen LogP contribution in [0.15, 0.2) is 65.4 Å². The molecule has 0 aliphatic carbocycles. The van der Waals surface area contributed by atoms with Crippen molar-refractivity contribution >= 4 is 22.8 Å². The summed E-state index contributed by atoms with van der Waals surface area (Å²) < 4.78 is 7.23. The van der Waals surface area contributed by atoms with Crippen LogP contribution in [0, 0.1) is 0 Å². The van der Waals surface area contributed by atoms with Crippen molar-refractivity contribution < 1.29 is 14.0 Å². The zero-order valence-electron chi connectivity index (χ0n) is 18.0. The van der Waals surface area contributed by atoms with Crippen LogP contribution in [0.3, 0.4) is 0 Å². The smallest absolute Gasteiger partial charge is 0.252 e. The van der Waals surface area contributed by atoms with Crippen LogP contribution in [0.4, 0.5) is 0 Å². The monoisotopic (exact) mass is 431 g/mol. The molecule has 8 heteroatoms. The molecule has 0 bridgehead atoms. The largest absolute Gasteiger partial charge is 0.463 e. The van der Waals surface area contributed by atoms with Crippen molar-refractivity contribution in [3.8, 4) is 11.5 Å². The lowest BCUT2D eigenvalue weighted by atomic mass is 10.1. The van der Waals surface area contributed by atoms with Crippen LogP contribution in [0.25, 0.3) is 22.5 Å². The first-order valence-electron chi connectivity index (χ1n) is 10.5. The number of carbonyl (C=O) groups is 2. The minimum absolute atomic E-state index is 0.0677. The van der Waals surface area contributed by atoms with E-state index in [9.17, 15) is 9.59 Å². The lowest BCUT2D eigenvalue weighted by Crippen LogP contribution is -2.37. The minimum atomic E-state index is -0.369. The molecule has 2 N–H and O–H groups in total. The molecule has 0 atom stereocenters. The maximum atomic E-state index is 13.0. The predicted octanol–water partition coefficient (Wildman–Crippen LogP) is 3.36. The van der Waals surface area contributed by atoms with Gasteiger partial charge in [-0.15, -0.1) is 0 Å². The lowest BCUT2D eigenvalue weighted by Gasteiger charge is -2.10. The van der Waals surface area contributed by atoms with Crippen molar-refractivity contribution in [1.82, 2.24) is 25.4 Å². The minimum Gasteiger partial charge on any atom is -0.463 e. The Balaban J connectivity index is 1.47. The van der Waals surface area contributed by atoms with Gasteiger partial charge in [-0.25, -0.2) is 9.67 Å². The van der Waals surface area contributed by atoms with E-state index in [-0.39, 0.29) is 24.4 Å². The van der Waals surface area contributed by atoms with Gasteiger partial charge in [-0.2, -0.15) is 5.10 Å². The van der Waals surface area contributed by atoms with E-state index in [1.165, 1.54) is 0 Å². The van der Waals surface area contributed by atoms with E-state index in [1.807, 2.05) is 44.2 Å². The van der Waals surface area contributed by atoms with E-state index in [0.717, 1.165) is 12.0 Å². The van der Waals surface area contributed by atoms with Crippen molar-refractivity contribution in [3.63, 3.8) is 0 Å². The van der Waals surface area contributed by atoms with Crippen LogP contribution >= 0.6 is 0 Å². The lowest BCUT2D eigenvalue weighted by molar-refractivity contribution is -0.120. The SMILES string of the molecule is CC(C)n1ncc2c(C(=O)NCC(=O)NCCc3ccccc3)cc(-c3ccco3)nc21. The van der Waals surface area contributed by atoms with Crippen LogP contribution < -0.4 is 10.6 Å². The summed E-state index contributed by atoms with van der Waals surface area (Å²) in [4.78, 5) is 29.8. The summed E-state index contributed by atoms with van der Waals surface area (Å²) in [7, 11) is 0. The van der Waals surface area contributed by atoms with Crippen molar-refractivity contribution in [2.75, 3.05) is 13.1 Å². The van der Waals surface area contributed by atoms with E-state index in [4.69, 9.17) is 4.42 Å². The number of rotatable bonds is 8. The van der Waals surface area contributed by atoms with Gasteiger partial charge < -0.3 is 15.1 Å². The molecule has 2 amide bonds. The van der Waals surface area contributed by atoms with E-state index >= 15 is 0 Å². The van der Waals surface area contributed by atoms with Crippen molar-refractivity contribution in [1.29, 1.82) is 0 Å². The van der Waals surface area contributed by atoms with Gasteiger partial charge in [-0.05, 0) is 44.0 Å². The Kier molecular flexibility index (Phi) is 6.30.